The normalized spacial score (nSPS) is 16.0. The van der Waals surface area contributed by atoms with Gasteiger partial charge in [-0.2, -0.15) is 5.10 Å². The van der Waals surface area contributed by atoms with Gasteiger partial charge in [0.05, 0.1) is 16.3 Å². The number of aromatic nitrogens is 2. The van der Waals surface area contributed by atoms with E-state index in [1.54, 1.807) is 16.9 Å². The molecule has 1 amide bonds. The highest BCUT2D eigenvalue weighted by Crippen LogP contribution is 2.23. The first kappa shape index (κ1) is 15.1. The molecule has 0 radical (unpaired) electrons. The fourth-order valence-corrected chi connectivity index (χ4v) is 2.98. The van der Waals surface area contributed by atoms with Gasteiger partial charge in [-0.15, -0.1) is 0 Å². The highest BCUT2D eigenvalue weighted by molar-refractivity contribution is 6.33. The number of hydrogen-bond acceptors (Lipinski definition) is 3. The van der Waals surface area contributed by atoms with Crippen molar-refractivity contribution in [3.05, 3.63) is 47.2 Å². The molecule has 6 heteroatoms. The summed E-state index contributed by atoms with van der Waals surface area (Å²) in [6.07, 6.45) is 5.49. The predicted molar refractivity (Wildman–Crippen MR) is 86.6 cm³/mol. The van der Waals surface area contributed by atoms with Gasteiger partial charge >= 0.3 is 0 Å². The van der Waals surface area contributed by atoms with Crippen molar-refractivity contribution in [2.75, 3.05) is 20.1 Å². The molecule has 1 fully saturated rings. The third-order valence-corrected chi connectivity index (χ3v) is 4.47. The van der Waals surface area contributed by atoms with Crippen LogP contribution in [-0.4, -0.2) is 46.8 Å². The van der Waals surface area contributed by atoms with Crippen molar-refractivity contribution in [3.8, 4) is 5.69 Å². The van der Waals surface area contributed by atoms with Crippen LogP contribution in [-0.2, 0) is 0 Å². The average Bonchev–Trinajstić information content (AvgIpc) is 3.09. The van der Waals surface area contributed by atoms with E-state index in [1.807, 2.05) is 36.3 Å². The van der Waals surface area contributed by atoms with E-state index in [-0.39, 0.29) is 5.91 Å². The minimum atomic E-state index is -0.00596. The number of likely N-dealkylation sites (tertiary alicyclic amines) is 1. The van der Waals surface area contributed by atoms with Crippen LogP contribution in [0.15, 0.2) is 36.7 Å². The molecule has 5 nitrogen and oxygen atoms in total. The average molecular weight is 319 g/mol. The van der Waals surface area contributed by atoms with Crippen LogP contribution in [0, 0.1) is 0 Å². The quantitative estimate of drug-likeness (QED) is 0.945. The summed E-state index contributed by atoms with van der Waals surface area (Å²) in [7, 11) is 1.96. The minimum Gasteiger partial charge on any atom is -0.338 e. The van der Waals surface area contributed by atoms with Gasteiger partial charge in [0.15, 0.2) is 0 Å². The molecule has 0 unspecified atom stereocenters. The molecular weight excluding hydrogens is 300 g/mol. The second-order valence-electron chi connectivity index (χ2n) is 5.47. The van der Waals surface area contributed by atoms with Crippen molar-refractivity contribution in [2.45, 2.75) is 18.9 Å². The lowest BCUT2D eigenvalue weighted by Crippen LogP contribution is -2.44. The topological polar surface area (TPSA) is 50.2 Å². The zero-order valence-electron chi connectivity index (χ0n) is 12.5. The molecule has 22 heavy (non-hydrogen) atoms. The van der Waals surface area contributed by atoms with Crippen LogP contribution in [0.25, 0.3) is 5.69 Å². The Labute approximate surface area is 134 Å². The van der Waals surface area contributed by atoms with Crippen molar-refractivity contribution in [1.82, 2.24) is 20.0 Å². The molecule has 1 aromatic heterocycles. The molecule has 0 spiro atoms. The molecule has 0 bridgehead atoms. The van der Waals surface area contributed by atoms with Crippen molar-refractivity contribution < 1.29 is 4.79 Å². The van der Waals surface area contributed by atoms with E-state index < -0.39 is 0 Å². The Hall–Kier alpha value is -1.85. The number of nitrogens with zero attached hydrogens (tertiary/aromatic N) is 3. The van der Waals surface area contributed by atoms with Crippen molar-refractivity contribution in [1.29, 1.82) is 0 Å². The number of halogens is 1. The minimum absolute atomic E-state index is 0.00596. The van der Waals surface area contributed by atoms with E-state index in [9.17, 15) is 4.79 Å². The lowest BCUT2D eigenvalue weighted by molar-refractivity contribution is 0.0707. The Balaban J connectivity index is 1.82. The van der Waals surface area contributed by atoms with Crippen LogP contribution in [0.5, 0.6) is 0 Å². The number of rotatable bonds is 3. The van der Waals surface area contributed by atoms with E-state index in [0.29, 0.717) is 16.6 Å². The molecule has 1 N–H and O–H groups in total. The molecule has 2 heterocycles. The van der Waals surface area contributed by atoms with Crippen LogP contribution >= 0.6 is 11.6 Å². The third kappa shape index (κ3) is 3.00. The van der Waals surface area contributed by atoms with E-state index in [4.69, 9.17) is 11.6 Å². The van der Waals surface area contributed by atoms with Gasteiger partial charge in [0.1, 0.15) is 0 Å². The lowest BCUT2D eigenvalue weighted by atomic mass is 10.0. The van der Waals surface area contributed by atoms with E-state index in [1.165, 1.54) is 0 Å². The molecule has 1 aliphatic heterocycles. The second kappa shape index (κ2) is 6.50. The molecule has 0 aliphatic carbocycles. The summed E-state index contributed by atoms with van der Waals surface area (Å²) in [6.45, 7) is 1.51. The molecule has 1 aliphatic rings. The first-order valence-corrected chi connectivity index (χ1v) is 7.83. The van der Waals surface area contributed by atoms with Crippen molar-refractivity contribution >= 4 is 17.5 Å². The van der Waals surface area contributed by atoms with Crippen LogP contribution in [0.2, 0.25) is 5.02 Å². The number of carbonyl (C=O) groups is 1. The molecule has 2 aromatic rings. The fraction of sp³-hybridized carbons (Fsp3) is 0.375. The Kier molecular flexibility index (Phi) is 4.45. The Morgan fingerprint density at radius 3 is 2.77 bits per heavy atom. The smallest absolute Gasteiger partial charge is 0.255 e. The number of carbonyl (C=O) groups excluding carboxylic acids is 1. The number of benzene rings is 1. The monoisotopic (exact) mass is 318 g/mol. The van der Waals surface area contributed by atoms with E-state index >= 15 is 0 Å². The summed E-state index contributed by atoms with van der Waals surface area (Å²) in [5, 5.41) is 7.94. The van der Waals surface area contributed by atoms with Gasteiger partial charge in [-0.1, -0.05) is 11.6 Å². The summed E-state index contributed by atoms with van der Waals surface area (Å²) in [4.78, 5) is 14.6. The Morgan fingerprint density at radius 1 is 1.36 bits per heavy atom. The van der Waals surface area contributed by atoms with Gasteiger partial charge in [0, 0.05) is 31.5 Å². The van der Waals surface area contributed by atoms with Crippen LogP contribution in [0.1, 0.15) is 23.2 Å². The summed E-state index contributed by atoms with van der Waals surface area (Å²) in [5.41, 5.74) is 1.38. The zero-order chi connectivity index (χ0) is 15.5. The third-order valence-electron chi connectivity index (χ3n) is 4.14. The van der Waals surface area contributed by atoms with Gasteiger partial charge in [-0.25, -0.2) is 4.68 Å². The number of nitrogens with one attached hydrogen (secondary N) is 1. The largest absolute Gasteiger partial charge is 0.338 e. The Bertz CT molecular complexity index is 648. The summed E-state index contributed by atoms with van der Waals surface area (Å²) in [5.74, 6) is -0.00596. The fourth-order valence-electron chi connectivity index (χ4n) is 2.78. The second-order valence-corrected chi connectivity index (χ2v) is 5.88. The van der Waals surface area contributed by atoms with Gasteiger partial charge in [-0.3, -0.25) is 4.79 Å². The summed E-state index contributed by atoms with van der Waals surface area (Å²) in [6, 6.07) is 7.77. The SMILES string of the molecule is CNC1CCN(C(=O)c2cc(-n3cccn3)ccc2Cl)CC1. The maximum absolute atomic E-state index is 12.7. The molecule has 1 aromatic carbocycles. The predicted octanol–water partition coefficient (Wildman–Crippen LogP) is 2.35. The van der Waals surface area contributed by atoms with Gasteiger partial charge in [0.2, 0.25) is 0 Å². The molecule has 0 saturated carbocycles. The van der Waals surface area contributed by atoms with Gasteiger partial charge < -0.3 is 10.2 Å². The maximum atomic E-state index is 12.7. The first-order valence-electron chi connectivity index (χ1n) is 7.45. The maximum Gasteiger partial charge on any atom is 0.255 e. The van der Waals surface area contributed by atoms with E-state index in [2.05, 4.69) is 10.4 Å². The molecule has 3 rings (SSSR count). The van der Waals surface area contributed by atoms with Crippen molar-refractivity contribution in [2.24, 2.45) is 0 Å². The van der Waals surface area contributed by atoms with Gasteiger partial charge in [-0.05, 0) is 44.2 Å². The number of piperidine rings is 1. The Morgan fingerprint density at radius 2 is 2.14 bits per heavy atom. The standard InChI is InChI=1S/C16H19ClN4O/c1-18-12-5-9-20(10-6-12)16(22)14-11-13(3-4-15(14)17)21-8-2-7-19-21/h2-4,7-8,11-12,18H,5-6,9-10H2,1H3. The molecule has 1 saturated heterocycles. The van der Waals surface area contributed by atoms with Crippen LogP contribution < -0.4 is 5.32 Å². The van der Waals surface area contributed by atoms with Gasteiger partial charge in [0.25, 0.3) is 5.91 Å². The van der Waals surface area contributed by atoms with Crippen LogP contribution in [0.4, 0.5) is 0 Å². The number of amides is 1. The van der Waals surface area contributed by atoms with E-state index in [0.717, 1.165) is 31.6 Å². The molecule has 116 valence electrons. The van der Waals surface area contributed by atoms with Crippen LogP contribution in [0.3, 0.4) is 0 Å². The summed E-state index contributed by atoms with van der Waals surface area (Å²) >= 11 is 6.24. The molecular formula is C16H19ClN4O. The first-order chi connectivity index (χ1) is 10.7. The lowest BCUT2D eigenvalue weighted by Gasteiger charge is -2.32. The highest BCUT2D eigenvalue weighted by Gasteiger charge is 2.24. The number of hydrogen-bond donors (Lipinski definition) is 1. The molecule has 0 atom stereocenters. The van der Waals surface area contributed by atoms with Crippen molar-refractivity contribution in [3.63, 3.8) is 0 Å². The zero-order valence-corrected chi connectivity index (χ0v) is 13.3. The summed E-state index contributed by atoms with van der Waals surface area (Å²) < 4.78 is 1.72. The highest BCUT2D eigenvalue weighted by atomic mass is 35.5.